The third-order valence-electron chi connectivity index (χ3n) is 17.2. The van der Waals surface area contributed by atoms with E-state index in [-0.39, 0.29) is 127 Å². The average molecular weight is 1520 g/mol. The summed E-state index contributed by atoms with van der Waals surface area (Å²) in [6.45, 7) is 32.1. The fourth-order valence-electron chi connectivity index (χ4n) is 12.6. The van der Waals surface area contributed by atoms with E-state index in [9.17, 15) is 55.0 Å². The highest BCUT2D eigenvalue weighted by Crippen LogP contribution is 2.43. The first-order valence-electron chi connectivity index (χ1n) is 30.1. The van der Waals surface area contributed by atoms with Crippen LogP contribution in [0.4, 0.5) is 46.8 Å². The summed E-state index contributed by atoms with van der Waals surface area (Å²) < 4.78 is 110. The first kappa shape index (κ1) is 90.9. The van der Waals surface area contributed by atoms with Crippen LogP contribution in [0.3, 0.4) is 0 Å². The number of benzene rings is 2. The summed E-state index contributed by atoms with van der Waals surface area (Å²) in [7, 11) is 0. The van der Waals surface area contributed by atoms with Crippen molar-refractivity contribution in [3.63, 3.8) is 0 Å². The van der Waals surface area contributed by atoms with Crippen LogP contribution in [0, 0.1) is 23.5 Å². The number of piperazine rings is 2. The van der Waals surface area contributed by atoms with Crippen molar-refractivity contribution in [2.24, 2.45) is 11.8 Å². The smallest absolute Gasteiger partial charge is 0.417 e. The summed E-state index contributed by atoms with van der Waals surface area (Å²) >= 11 is 11.8. The number of alkyl halides is 6. The van der Waals surface area contributed by atoms with Gasteiger partial charge in [0.05, 0.1) is 35.0 Å². The lowest BCUT2D eigenvalue weighted by molar-refractivity contribution is -0.142. The number of hydrogen-bond acceptors (Lipinski definition) is 11. The molecule has 0 radical (unpaired) electrons. The first-order chi connectivity index (χ1) is 41.2. The van der Waals surface area contributed by atoms with E-state index < -0.39 is 65.0 Å². The minimum atomic E-state index is -4.59. The number of anilines is 2. The molecule has 31 heteroatoms. The molecule has 0 saturated carbocycles. The molecule has 4 aliphatic heterocycles. The van der Waals surface area contributed by atoms with E-state index in [0.29, 0.717) is 109 Å². The molecule has 15 nitrogen and oxygen atoms in total. The second-order valence-corrected chi connectivity index (χ2v) is 26.8. The van der Waals surface area contributed by atoms with Gasteiger partial charge in [-0.3, -0.25) is 29.0 Å². The maximum absolute atomic E-state index is 15.1. The molecular weight excluding hydrogens is 1420 g/mol. The Kier molecular flexibility index (Phi) is 35.7. The topological polar surface area (TPSA) is 149 Å². The molecule has 3 amide bonds. The zero-order chi connectivity index (χ0) is 66.6. The minimum absolute atomic E-state index is 0. The van der Waals surface area contributed by atoms with Crippen LogP contribution >= 0.6 is 97.6 Å². The van der Waals surface area contributed by atoms with E-state index in [1.807, 2.05) is 58.3 Å². The van der Waals surface area contributed by atoms with Crippen molar-refractivity contribution in [3.05, 3.63) is 116 Å². The second kappa shape index (κ2) is 37.3. The van der Waals surface area contributed by atoms with Crippen molar-refractivity contribution in [2.45, 2.75) is 156 Å². The summed E-state index contributed by atoms with van der Waals surface area (Å²) in [5, 5.41) is 13.2. The molecule has 4 aliphatic rings. The van der Waals surface area contributed by atoms with Gasteiger partial charge in [-0.2, -0.15) is 26.3 Å². The lowest BCUT2D eigenvalue weighted by Gasteiger charge is -2.40. The molecule has 4 saturated heterocycles. The zero-order valence-corrected chi connectivity index (χ0v) is 62.1. The number of pyridine rings is 2. The van der Waals surface area contributed by atoms with Crippen LogP contribution in [-0.2, 0) is 31.5 Å². The number of likely N-dealkylation sites (tertiary alicyclic amines) is 2. The van der Waals surface area contributed by atoms with Gasteiger partial charge in [-0.25, -0.2) is 18.7 Å². The maximum Gasteiger partial charge on any atom is 0.417 e. The number of carboxylic acids is 1. The van der Waals surface area contributed by atoms with Crippen LogP contribution in [0.5, 0.6) is 0 Å². The van der Waals surface area contributed by atoms with Gasteiger partial charge in [-0.1, -0.05) is 35.3 Å². The van der Waals surface area contributed by atoms with Crippen LogP contribution in [0.15, 0.2) is 60.9 Å². The highest BCUT2D eigenvalue weighted by molar-refractivity contribution is 6.30. The molecule has 2 N–H and O–H groups in total. The third-order valence-corrected chi connectivity index (χ3v) is 17.7. The number of rotatable bonds is 12. The van der Waals surface area contributed by atoms with Gasteiger partial charge in [0.1, 0.15) is 23.3 Å². The molecule has 4 aromatic rings. The van der Waals surface area contributed by atoms with Crippen molar-refractivity contribution < 1.29 is 59.4 Å². The molecule has 95 heavy (non-hydrogen) atoms. The predicted octanol–water partition coefficient (Wildman–Crippen LogP) is 15.1. The number of nitrogens with zero attached hydrogens (tertiary/aromatic N) is 9. The van der Waals surface area contributed by atoms with Crippen molar-refractivity contribution in [2.75, 3.05) is 88.3 Å². The summed E-state index contributed by atoms with van der Waals surface area (Å²) in [4.78, 5) is 71.3. The monoisotopic (exact) mass is 1510 g/mol. The molecule has 1 unspecified atom stereocenters. The number of carbonyl (C=O) groups is 4. The predicted molar refractivity (Wildman–Crippen MR) is 374 cm³/mol. The fraction of sp³-hybridized carbons (Fsp3) is 0.594. The van der Waals surface area contributed by atoms with E-state index in [4.69, 9.17) is 23.2 Å². The molecule has 0 bridgehead atoms. The van der Waals surface area contributed by atoms with Gasteiger partial charge in [0.15, 0.2) is 0 Å². The van der Waals surface area contributed by atoms with Crippen LogP contribution in [-0.4, -0.2) is 165 Å². The van der Waals surface area contributed by atoms with Gasteiger partial charge in [-0.05, 0) is 131 Å². The van der Waals surface area contributed by atoms with Crippen LogP contribution < -0.4 is 15.1 Å². The van der Waals surface area contributed by atoms with Crippen LogP contribution in [0.2, 0.25) is 10.0 Å². The van der Waals surface area contributed by atoms with Crippen molar-refractivity contribution in [3.8, 4) is 0 Å². The van der Waals surface area contributed by atoms with Gasteiger partial charge in [-0.15, -0.1) is 74.4 Å². The summed E-state index contributed by atoms with van der Waals surface area (Å²) in [5.41, 5.74) is -0.390. The standard InChI is InChI=1S/C32H42ClF4N5O2.C17H25F3N4O.C15H19ClFNO2.6ClH/c1-19(2)42(21(4)43)20(3)25-14-22(32(35,36)37)16-38-29(25)39-10-12-40(13-11-39)30(44)27-18-41(31(5,6)7)17-26(27)24-9-8-23(33)15-28(24)34;1-11(2)24(13(4)25)12(3)15-9-14(17(18,19)20)10-22-16(15)23-7-5-21-6-8-23;1-15(2,3)18-7-11(12(8-18)14(19)20)10-5-4-9(16)6-13(10)17;;;;;;/h8-9,14-16,19-20,26-27H,10-13,17-18H2,1-7H3;9-12,21H,5-8H2,1-4H3;4-6,11-12H,7-8H2,1-3H3,(H,19,20);6*1H/t20-,26+,27-;12-;11-,12?;;;;;;/m110....../s1. The third kappa shape index (κ3) is 22.9. The van der Waals surface area contributed by atoms with Gasteiger partial charge >= 0.3 is 18.3 Å². The van der Waals surface area contributed by atoms with Crippen LogP contribution in [0.25, 0.3) is 0 Å². The summed E-state index contributed by atoms with van der Waals surface area (Å²) in [5.74, 6) is -3.11. The molecular formula is C64H92Cl8F8N10O5. The van der Waals surface area contributed by atoms with E-state index >= 15 is 4.39 Å². The Morgan fingerprint density at radius 2 is 0.895 bits per heavy atom. The van der Waals surface area contributed by atoms with Crippen molar-refractivity contribution in [1.82, 2.24) is 39.8 Å². The number of aromatic nitrogens is 2. The number of aliphatic carboxylic acids is 1. The first-order valence-corrected chi connectivity index (χ1v) is 30.8. The number of carbonyl (C=O) groups excluding carboxylic acids is 3. The van der Waals surface area contributed by atoms with Gasteiger partial charge in [0.25, 0.3) is 0 Å². The molecule has 6 atom stereocenters. The number of nitrogens with one attached hydrogen (secondary N) is 1. The summed E-state index contributed by atoms with van der Waals surface area (Å²) in [6, 6.07) is 9.72. The Bertz CT molecular complexity index is 3150. The number of halogens is 16. The second-order valence-electron chi connectivity index (χ2n) is 26.0. The molecule has 0 aliphatic carbocycles. The highest BCUT2D eigenvalue weighted by Gasteiger charge is 2.46. The van der Waals surface area contributed by atoms with Gasteiger partial charge in [0.2, 0.25) is 17.7 Å². The van der Waals surface area contributed by atoms with E-state index in [1.165, 1.54) is 30.9 Å². The minimum Gasteiger partial charge on any atom is -0.481 e. The Morgan fingerprint density at radius 1 is 0.547 bits per heavy atom. The lowest BCUT2D eigenvalue weighted by Crippen LogP contribution is -2.52. The quantitative estimate of drug-likeness (QED) is 0.130. The molecule has 540 valence electrons. The number of hydrogen-bond donors (Lipinski definition) is 2. The zero-order valence-electron chi connectivity index (χ0n) is 55.7. The number of amides is 3. The Morgan fingerprint density at radius 3 is 1.21 bits per heavy atom. The Hall–Kier alpha value is -4.14. The van der Waals surface area contributed by atoms with Crippen molar-refractivity contribution in [1.29, 1.82) is 0 Å². The van der Waals surface area contributed by atoms with E-state index in [0.717, 1.165) is 37.6 Å². The highest BCUT2D eigenvalue weighted by atomic mass is 35.5. The van der Waals surface area contributed by atoms with Crippen molar-refractivity contribution >= 4 is 133 Å². The maximum atomic E-state index is 15.1. The van der Waals surface area contributed by atoms with Gasteiger partial charge < -0.3 is 34.9 Å². The normalized spacial score (nSPS) is 19.1. The molecule has 2 aromatic heterocycles. The summed E-state index contributed by atoms with van der Waals surface area (Å²) in [6.07, 6.45) is -7.36. The molecule has 4 fully saturated rings. The largest absolute Gasteiger partial charge is 0.481 e. The average Bonchev–Trinajstić information content (AvgIpc) is 1.79. The van der Waals surface area contributed by atoms with Crippen LogP contribution in [0.1, 0.15) is 154 Å². The van der Waals surface area contributed by atoms with E-state index in [2.05, 4.69) is 45.9 Å². The fourth-order valence-corrected chi connectivity index (χ4v) is 12.9. The molecule has 0 spiro atoms. The Balaban J connectivity index is 0.00000148. The van der Waals surface area contributed by atoms with Gasteiger partial charge in [0, 0.05) is 161 Å². The molecule has 8 rings (SSSR count). The van der Waals surface area contributed by atoms with E-state index in [1.54, 1.807) is 47.9 Å². The number of carboxylic acid groups (broad SMARTS) is 1. The molecule has 2 aromatic carbocycles. The SMILES string of the molecule is CC(=O)N(C(C)C)[C@H](C)c1cc(C(F)(F)F)cnc1N1CCN(C(=O)[C@@H]2CN(C(C)(C)C)C[C@H]2c2ccc(Cl)cc2F)CC1.CC(=O)N(C(C)C)[C@H](C)c1cc(C(F)(F)F)cnc1N1CCNCC1.CC(C)(C)N1CC(C(=O)O)[C@H](c2ccc(Cl)cc2F)C1.Cl.Cl.Cl.Cl.Cl.Cl. The lowest BCUT2D eigenvalue weighted by atomic mass is 9.87. The Labute approximate surface area is 601 Å². The molecule has 6 heterocycles.